The second-order valence-corrected chi connectivity index (χ2v) is 5.89. The molecule has 0 aromatic heterocycles. The average molecular weight is 289 g/mol. The van der Waals surface area contributed by atoms with Crippen LogP contribution in [0.5, 0.6) is 0 Å². The highest BCUT2D eigenvalue weighted by molar-refractivity contribution is 5.78. The predicted molar refractivity (Wildman–Crippen MR) is 85.4 cm³/mol. The number of hydrogen-bond donors (Lipinski definition) is 2. The summed E-state index contributed by atoms with van der Waals surface area (Å²) >= 11 is 0. The Hall–Kier alpha value is -1.39. The number of amides is 1. The molecule has 4 nitrogen and oxygen atoms in total. The molecule has 0 spiro atoms. The monoisotopic (exact) mass is 289 g/mol. The quantitative estimate of drug-likeness (QED) is 0.497. The summed E-state index contributed by atoms with van der Waals surface area (Å²) in [6.45, 7) is 4.37. The molecule has 1 heterocycles. The van der Waals surface area contributed by atoms with Gasteiger partial charge in [-0.2, -0.15) is 0 Å². The SMILES string of the molecule is CCC1CCCCCN1Cc1ccccc1CC(=O)NN. The maximum atomic E-state index is 11.6. The van der Waals surface area contributed by atoms with Crippen LogP contribution in [0, 0.1) is 0 Å². The summed E-state index contributed by atoms with van der Waals surface area (Å²) in [5.41, 5.74) is 4.56. The van der Waals surface area contributed by atoms with Gasteiger partial charge in [0.15, 0.2) is 0 Å². The molecule has 21 heavy (non-hydrogen) atoms. The van der Waals surface area contributed by atoms with Crippen LogP contribution in [-0.2, 0) is 17.8 Å². The first-order valence-electron chi connectivity index (χ1n) is 8.05. The summed E-state index contributed by atoms with van der Waals surface area (Å²) < 4.78 is 0. The van der Waals surface area contributed by atoms with Crippen molar-refractivity contribution in [2.24, 2.45) is 5.84 Å². The van der Waals surface area contributed by atoms with Crippen molar-refractivity contribution in [1.29, 1.82) is 0 Å². The number of carbonyl (C=O) groups is 1. The topological polar surface area (TPSA) is 58.4 Å². The molecule has 1 atom stereocenters. The van der Waals surface area contributed by atoms with Crippen molar-refractivity contribution in [3.8, 4) is 0 Å². The molecule has 116 valence electrons. The summed E-state index contributed by atoms with van der Waals surface area (Å²) in [4.78, 5) is 14.1. The normalized spacial score (nSPS) is 20.0. The van der Waals surface area contributed by atoms with Gasteiger partial charge in [-0.3, -0.25) is 15.1 Å². The minimum atomic E-state index is -0.134. The molecule has 1 aliphatic rings. The maximum Gasteiger partial charge on any atom is 0.238 e. The highest BCUT2D eigenvalue weighted by atomic mass is 16.2. The minimum absolute atomic E-state index is 0.134. The standard InChI is InChI=1S/C17H27N3O/c1-2-16-10-4-3-7-11-20(16)13-15-9-6-5-8-14(15)12-17(21)19-18/h5-6,8-9,16H,2-4,7,10-13,18H2,1H3,(H,19,21). The van der Waals surface area contributed by atoms with Crippen LogP contribution in [0.4, 0.5) is 0 Å². The van der Waals surface area contributed by atoms with Gasteiger partial charge in [-0.15, -0.1) is 0 Å². The van der Waals surface area contributed by atoms with Crippen LogP contribution in [0.25, 0.3) is 0 Å². The van der Waals surface area contributed by atoms with E-state index in [1.54, 1.807) is 0 Å². The Kier molecular flexibility index (Phi) is 6.21. The molecule has 0 aliphatic carbocycles. The van der Waals surface area contributed by atoms with Crippen LogP contribution in [0.2, 0.25) is 0 Å². The number of rotatable bonds is 5. The Morgan fingerprint density at radius 2 is 2.05 bits per heavy atom. The third kappa shape index (κ3) is 4.55. The number of nitrogens with one attached hydrogen (secondary N) is 1. The molecule has 2 rings (SSSR count). The maximum absolute atomic E-state index is 11.6. The van der Waals surface area contributed by atoms with Gasteiger partial charge in [-0.25, -0.2) is 5.84 Å². The number of nitrogens with two attached hydrogens (primary N) is 1. The molecule has 1 aromatic carbocycles. The lowest BCUT2D eigenvalue weighted by atomic mass is 10.0. The van der Waals surface area contributed by atoms with Crippen molar-refractivity contribution in [1.82, 2.24) is 10.3 Å². The Morgan fingerprint density at radius 3 is 2.76 bits per heavy atom. The molecule has 1 amide bonds. The Labute approximate surface area is 127 Å². The molecule has 3 N–H and O–H groups in total. The van der Waals surface area contributed by atoms with Gasteiger partial charge in [0.1, 0.15) is 0 Å². The summed E-state index contributed by atoms with van der Waals surface area (Å²) in [5.74, 6) is 5.07. The zero-order valence-corrected chi connectivity index (χ0v) is 13.0. The van der Waals surface area contributed by atoms with Gasteiger partial charge in [-0.05, 0) is 36.9 Å². The van der Waals surface area contributed by atoms with E-state index in [4.69, 9.17) is 5.84 Å². The number of benzene rings is 1. The first-order valence-corrected chi connectivity index (χ1v) is 8.05. The molecule has 1 aromatic rings. The minimum Gasteiger partial charge on any atom is -0.296 e. The van der Waals surface area contributed by atoms with E-state index in [9.17, 15) is 4.79 Å². The Bertz CT molecular complexity index is 461. The number of nitrogens with zero attached hydrogens (tertiary/aromatic N) is 1. The van der Waals surface area contributed by atoms with Gasteiger partial charge in [-0.1, -0.05) is 44.0 Å². The zero-order chi connectivity index (χ0) is 15.1. The fraction of sp³-hybridized carbons (Fsp3) is 0.588. The van der Waals surface area contributed by atoms with E-state index in [0.29, 0.717) is 12.5 Å². The highest BCUT2D eigenvalue weighted by Gasteiger charge is 2.20. The molecule has 1 unspecified atom stereocenters. The van der Waals surface area contributed by atoms with Crippen LogP contribution in [-0.4, -0.2) is 23.4 Å². The molecule has 1 fully saturated rings. The van der Waals surface area contributed by atoms with Gasteiger partial charge in [0.2, 0.25) is 5.91 Å². The van der Waals surface area contributed by atoms with Crippen molar-refractivity contribution in [2.75, 3.05) is 6.54 Å². The molecular weight excluding hydrogens is 262 g/mol. The van der Waals surface area contributed by atoms with Crippen molar-refractivity contribution in [3.63, 3.8) is 0 Å². The fourth-order valence-corrected chi connectivity index (χ4v) is 3.23. The highest BCUT2D eigenvalue weighted by Crippen LogP contribution is 2.22. The van der Waals surface area contributed by atoms with E-state index < -0.39 is 0 Å². The summed E-state index contributed by atoms with van der Waals surface area (Å²) in [6.07, 6.45) is 6.81. The lowest BCUT2D eigenvalue weighted by molar-refractivity contribution is -0.120. The van der Waals surface area contributed by atoms with E-state index >= 15 is 0 Å². The first-order chi connectivity index (χ1) is 10.2. The summed E-state index contributed by atoms with van der Waals surface area (Å²) in [6, 6.07) is 8.88. The Morgan fingerprint density at radius 1 is 1.29 bits per heavy atom. The third-order valence-electron chi connectivity index (χ3n) is 4.47. The van der Waals surface area contributed by atoms with Crippen LogP contribution in [0.3, 0.4) is 0 Å². The third-order valence-corrected chi connectivity index (χ3v) is 4.47. The van der Waals surface area contributed by atoms with E-state index in [2.05, 4.69) is 29.4 Å². The molecule has 0 saturated carbocycles. The van der Waals surface area contributed by atoms with E-state index in [0.717, 1.165) is 18.7 Å². The lowest BCUT2D eigenvalue weighted by Gasteiger charge is -2.29. The van der Waals surface area contributed by atoms with E-state index in [1.807, 2.05) is 12.1 Å². The zero-order valence-electron chi connectivity index (χ0n) is 13.0. The van der Waals surface area contributed by atoms with Gasteiger partial charge < -0.3 is 0 Å². The molecule has 0 radical (unpaired) electrons. The smallest absolute Gasteiger partial charge is 0.238 e. The largest absolute Gasteiger partial charge is 0.296 e. The number of hydrazine groups is 1. The summed E-state index contributed by atoms with van der Waals surface area (Å²) in [7, 11) is 0. The van der Waals surface area contributed by atoms with Gasteiger partial charge in [0.05, 0.1) is 6.42 Å². The van der Waals surface area contributed by atoms with Crippen molar-refractivity contribution < 1.29 is 4.79 Å². The number of likely N-dealkylation sites (tertiary alicyclic amines) is 1. The predicted octanol–water partition coefficient (Wildman–Crippen LogP) is 2.37. The molecule has 4 heteroatoms. The van der Waals surface area contributed by atoms with Gasteiger partial charge in [0.25, 0.3) is 0 Å². The molecule has 1 saturated heterocycles. The van der Waals surface area contributed by atoms with Crippen LogP contribution >= 0.6 is 0 Å². The van der Waals surface area contributed by atoms with E-state index in [1.165, 1.54) is 37.7 Å². The van der Waals surface area contributed by atoms with Crippen LogP contribution < -0.4 is 11.3 Å². The van der Waals surface area contributed by atoms with Crippen molar-refractivity contribution >= 4 is 5.91 Å². The van der Waals surface area contributed by atoms with Gasteiger partial charge >= 0.3 is 0 Å². The average Bonchev–Trinajstić information content (AvgIpc) is 2.74. The van der Waals surface area contributed by atoms with Crippen molar-refractivity contribution in [3.05, 3.63) is 35.4 Å². The number of hydrogen-bond acceptors (Lipinski definition) is 3. The second kappa shape index (κ2) is 8.15. The first kappa shape index (κ1) is 16.0. The van der Waals surface area contributed by atoms with Gasteiger partial charge in [0, 0.05) is 12.6 Å². The second-order valence-electron chi connectivity index (χ2n) is 5.89. The molecule has 1 aliphatic heterocycles. The number of carbonyl (C=O) groups excluding carboxylic acids is 1. The molecular formula is C17H27N3O. The van der Waals surface area contributed by atoms with Crippen LogP contribution in [0.1, 0.15) is 50.2 Å². The summed E-state index contributed by atoms with van der Waals surface area (Å²) in [5, 5.41) is 0. The lowest BCUT2D eigenvalue weighted by Crippen LogP contribution is -2.35. The fourth-order valence-electron chi connectivity index (χ4n) is 3.23. The molecule has 0 bridgehead atoms. The van der Waals surface area contributed by atoms with E-state index in [-0.39, 0.29) is 5.91 Å². The van der Waals surface area contributed by atoms with Crippen molar-refractivity contribution in [2.45, 2.75) is 58.0 Å². The Balaban J connectivity index is 2.11. The van der Waals surface area contributed by atoms with Crippen LogP contribution in [0.15, 0.2) is 24.3 Å².